The Morgan fingerprint density at radius 2 is 2.20 bits per heavy atom. The molecule has 0 fully saturated rings. The smallest absolute Gasteiger partial charge is 0.282 e. The zero-order valence-corrected chi connectivity index (χ0v) is 8.64. The van der Waals surface area contributed by atoms with Gasteiger partial charge in [-0.15, -0.1) is 0 Å². The molecule has 2 rings (SSSR count). The van der Waals surface area contributed by atoms with Gasteiger partial charge in [0.2, 0.25) is 0 Å². The van der Waals surface area contributed by atoms with Gasteiger partial charge in [-0.3, -0.25) is 0 Å². The first-order valence-corrected chi connectivity index (χ1v) is 4.89. The Morgan fingerprint density at radius 1 is 1.47 bits per heavy atom. The van der Waals surface area contributed by atoms with Crippen LogP contribution in [0.3, 0.4) is 0 Å². The van der Waals surface area contributed by atoms with Crippen LogP contribution in [-0.4, -0.2) is 25.3 Å². The third-order valence-electron chi connectivity index (χ3n) is 2.20. The van der Waals surface area contributed by atoms with Gasteiger partial charge >= 0.3 is 0 Å². The van der Waals surface area contributed by atoms with Crippen LogP contribution < -0.4 is 10.5 Å². The van der Waals surface area contributed by atoms with E-state index in [2.05, 4.69) is 4.99 Å². The molecular weight excluding hydrogens is 192 g/mol. The van der Waals surface area contributed by atoms with Crippen LogP contribution in [0.15, 0.2) is 29.3 Å². The zero-order valence-electron chi connectivity index (χ0n) is 8.64. The molecule has 1 aromatic rings. The second-order valence-corrected chi connectivity index (χ2v) is 3.56. The normalized spacial score (nSPS) is 19.5. The molecule has 1 aliphatic heterocycles. The molecule has 0 radical (unpaired) electrons. The van der Waals surface area contributed by atoms with Gasteiger partial charge in [0, 0.05) is 0 Å². The summed E-state index contributed by atoms with van der Waals surface area (Å²) in [4.78, 5) is 4.07. The molecule has 0 saturated carbocycles. The summed E-state index contributed by atoms with van der Waals surface area (Å²) in [5.41, 5.74) is 6.60. The Labute approximate surface area is 88.7 Å². The van der Waals surface area contributed by atoms with Crippen LogP contribution in [0.25, 0.3) is 0 Å². The molecule has 1 atom stereocenters. The monoisotopic (exact) mass is 206 g/mol. The van der Waals surface area contributed by atoms with Crippen molar-refractivity contribution < 1.29 is 9.47 Å². The SMILES string of the molecule is Cc1ccc(OC[C@@H]2COC(N)=N2)cc1. The van der Waals surface area contributed by atoms with Crippen molar-refractivity contribution in [2.75, 3.05) is 13.2 Å². The average Bonchev–Trinajstić information content (AvgIpc) is 2.64. The van der Waals surface area contributed by atoms with Gasteiger partial charge in [0.25, 0.3) is 6.02 Å². The minimum atomic E-state index is 0.0197. The molecule has 0 spiro atoms. The van der Waals surface area contributed by atoms with Crippen LogP contribution in [0.4, 0.5) is 0 Å². The molecule has 1 aliphatic rings. The fraction of sp³-hybridized carbons (Fsp3) is 0.364. The lowest BCUT2D eigenvalue weighted by Gasteiger charge is -2.08. The summed E-state index contributed by atoms with van der Waals surface area (Å²) in [5.74, 6) is 0.848. The molecule has 2 N–H and O–H groups in total. The van der Waals surface area contributed by atoms with E-state index in [-0.39, 0.29) is 12.1 Å². The summed E-state index contributed by atoms with van der Waals surface area (Å²) in [6, 6.07) is 8.19. The summed E-state index contributed by atoms with van der Waals surface area (Å²) in [6.07, 6.45) is 0. The number of amidine groups is 1. The first-order chi connectivity index (χ1) is 7.24. The second kappa shape index (κ2) is 4.21. The van der Waals surface area contributed by atoms with Gasteiger partial charge in [-0.2, -0.15) is 0 Å². The molecule has 15 heavy (non-hydrogen) atoms. The molecule has 4 nitrogen and oxygen atoms in total. The predicted molar refractivity (Wildman–Crippen MR) is 58.0 cm³/mol. The maximum atomic E-state index is 5.55. The van der Waals surface area contributed by atoms with Crippen LogP contribution in [-0.2, 0) is 4.74 Å². The Morgan fingerprint density at radius 3 is 2.80 bits per heavy atom. The number of ether oxygens (including phenoxy) is 2. The lowest BCUT2D eigenvalue weighted by molar-refractivity contribution is 0.241. The van der Waals surface area contributed by atoms with E-state index >= 15 is 0 Å². The number of nitrogens with two attached hydrogens (primary N) is 1. The van der Waals surface area contributed by atoms with Crippen molar-refractivity contribution in [1.82, 2.24) is 0 Å². The van der Waals surface area contributed by atoms with Crippen LogP contribution >= 0.6 is 0 Å². The number of hydrogen-bond acceptors (Lipinski definition) is 4. The number of nitrogens with zero attached hydrogens (tertiary/aromatic N) is 1. The highest BCUT2D eigenvalue weighted by Gasteiger charge is 2.16. The molecule has 0 saturated heterocycles. The van der Waals surface area contributed by atoms with Crippen LogP contribution in [0, 0.1) is 6.92 Å². The van der Waals surface area contributed by atoms with Crippen molar-refractivity contribution in [1.29, 1.82) is 0 Å². The van der Waals surface area contributed by atoms with Crippen molar-refractivity contribution >= 4 is 6.02 Å². The standard InChI is InChI=1S/C11H14N2O2/c1-8-2-4-10(5-3-8)14-6-9-7-15-11(12)13-9/h2-5,9H,6-7H2,1H3,(H2,12,13)/t9-/m1/s1. The Kier molecular flexibility index (Phi) is 2.76. The zero-order chi connectivity index (χ0) is 10.7. The fourth-order valence-electron chi connectivity index (χ4n) is 1.35. The van der Waals surface area contributed by atoms with E-state index in [9.17, 15) is 0 Å². The summed E-state index contributed by atoms with van der Waals surface area (Å²) < 4.78 is 10.6. The molecule has 0 aliphatic carbocycles. The van der Waals surface area contributed by atoms with E-state index in [0.717, 1.165) is 5.75 Å². The van der Waals surface area contributed by atoms with Crippen molar-refractivity contribution in [3.8, 4) is 5.75 Å². The lowest BCUT2D eigenvalue weighted by Crippen LogP contribution is -2.17. The van der Waals surface area contributed by atoms with E-state index in [4.69, 9.17) is 15.2 Å². The van der Waals surface area contributed by atoms with Crippen molar-refractivity contribution in [2.24, 2.45) is 10.7 Å². The summed E-state index contributed by atoms with van der Waals surface area (Å²) in [7, 11) is 0. The van der Waals surface area contributed by atoms with Crippen molar-refractivity contribution in [3.63, 3.8) is 0 Å². The topological polar surface area (TPSA) is 56.8 Å². The van der Waals surface area contributed by atoms with E-state index in [0.29, 0.717) is 13.2 Å². The van der Waals surface area contributed by atoms with Crippen molar-refractivity contribution in [3.05, 3.63) is 29.8 Å². The summed E-state index contributed by atoms with van der Waals surface area (Å²) >= 11 is 0. The molecule has 4 heteroatoms. The molecule has 0 amide bonds. The van der Waals surface area contributed by atoms with Crippen molar-refractivity contribution in [2.45, 2.75) is 13.0 Å². The minimum absolute atomic E-state index is 0.0197. The largest absolute Gasteiger partial charge is 0.491 e. The van der Waals surface area contributed by atoms with E-state index in [1.807, 2.05) is 31.2 Å². The fourth-order valence-corrected chi connectivity index (χ4v) is 1.35. The highest BCUT2D eigenvalue weighted by molar-refractivity contribution is 5.73. The van der Waals surface area contributed by atoms with Crippen LogP contribution in [0.5, 0.6) is 5.75 Å². The van der Waals surface area contributed by atoms with E-state index in [1.165, 1.54) is 5.56 Å². The first-order valence-electron chi connectivity index (χ1n) is 4.89. The Bertz CT molecular complexity index is 359. The Hall–Kier alpha value is -1.71. The van der Waals surface area contributed by atoms with Crippen LogP contribution in [0.2, 0.25) is 0 Å². The third-order valence-corrected chi connectivity index (χ3v) is 2.20. The maximum absolute atomic E-state index is 5.55. The third kappa shape index (κ3) is 2.62. The summed E-state index contributed by atoms with van der Waals surface area (Å²) in [5, 5.41) is 0. The molecule has 80 valence electrons. The maximum Gasteiger partial charge on any atom is 0.282 e. The minimum Gasteiger partial charge on any atom is -0.491 e. The highest BCUT2D eigenvalue weighted by atomic mass is 16.5. The second-order valence-electron chi connectivity index (χ2n) is 3.56. The average molecular weight is 206 g/mol. The molecule has 0 bridgehead atoms. The van der Waals surface area contributed by atoms with Gasteiger partial charge in [-0.25, -0.2) is 4.99 Å². The van der Waals surface area contributed by atoms with E-state index < -0.39 is 0 Å². The highest BCUT2D eigenvalue weighted by Crippen LogP contribution is 2.12. The van der Waals surface area contributed by atoms with Gasteiger partial charge in [0.1, 0.15) is 25.0 Å². The number of aliphatic imine (C=N–C) groups is 1. The molecular formula is C11H14N2O2. The van der Waals surface area contributed by atoms with Crippen LogP contribution in [0.1, 0.15) is 5.56 Å². The van der Waals surface area contributed by atoms with Gasteiger partial charge in [0.05, 0.1) is 0 Å². The van der Waals surface area contributed by atoms with E-state index in [1.54, 1.807) is 0 Å². The predicted octanol–water partition coefficient (Wildman–Crippen LogP) is 1.09. The summed E-state index contributed by atoms with van der Waals surface area (Å²) in [6.45, 7) is 3.06. The number of hydrogen-bond donors (Lipinski definition) is 1. The molecule has 0 aromatic heterocycles. The van der Waals surface area contributed by atoms with Gasteiger partial charge in [0.15, 0.2) is 0 Å². The quantitative estimate of drug-likeness (QED) is 0.805. The van der Waals surface area contributed by atoms with Gasteiger partial charge in [-0.1, -0.05) is 17.7 Å². The first kappa shape index (κ1) is 9.83. The number of aryl methyl sites for hydroxylation is 1. The molecule has 0 unspecified atom stereocenters. The van der Waals surface area contributed by atoms with Gasteiger partial charge < -0.3 is 15.2 Å². The number of benzene rings is 1. The molecule has 1 aromatic carbocycles. The lowest BCUT2D eigenvalue weighted by atomic mass is 10.2. The Balaban J connectivity index is 1.86. The van der Waals surface area contributed by atoms with Gasteiger partial charge in [-0.05, 0) is 19.1 Å². The molecule has 1 heterocycles. The number of rotatable bonds is 3.